The summed E-state index contributed by atoms with van der Waals surface area (Å²) in [6.07, 6.45) is 0. The Kier molecular flexibility index (Phi) is 2.76. The third-order valence-corrected chi connectivity index (χ3v) is 3.09. The van der Waals surface area contributed by atoms with Crippen LogP contribution in [0.4, 0.5) is 9.18 Å². The Labute approximate surface area is 98.4 Å². The summed E-state index contributed by atoms with van der Waals surface area (Å²) in [5.41, 5.74) is 0.465. The molecule has 1 aromatic carbocycles. The van der Waals surface area contributed by atoms with Gasteiger partial charge in [-0.3, -0.25) is 0 Å². The lowest BCUT2D eigenvalue weighted by Gasteiger charge is -2.18. The Balaban J connectivity index is 2.38. The molecular weight excluding hydrogens is 231 g/mol. The molecule has 1 aliphatic heterocycles. The van der Waals surface area contributed by atoms with Crippen LogP contribution in [-0.4, -0.2) is 36.5 Å². The predicted molar refractivity (Wildman–Crippen MR) is 59.9 cm³/mol. The maximum absolute atomic E-state index is 13.6. The molecule has 2 rings (SSSR count). The number of hydrogen-bond donors (Lipinski definition) is 0. The summed E-state index contributed by atoms with van der Waals surface area (Å²) in [5.74, 6) is -0.329. The van der Waals surface area contributed by atoms with Crippen LogP contribution in [0.5, 0.6) is 0 Å². The van der Waals surface area contributed by atoms with E-state index in [9.17, 15) is 9.18 Å². The molecule has 1 aromatic rings. The molecule has 1 heterocycles. The molecule has 0 spiro atoms. The molecule has 1 aliphatic rings. The first-order chi connectivity index (χ1) is 7.50. The number of nitrogens with zero attached hydrogens (tertiary/aromatic N) is 2. The normalized spacial score (nSPS) is 20.8. The summed E-state index contributed by atoms with van der Waals surface area (Å²) in [5, 5.41) is 0.479. The zero-order valence-electron chi connectivity index (χ0n) is 9.08. The Morgan fingerprint density at radius 2 is 2.12 bits per heavy atom. The van der Waals surface area contributed by atoms with Gasteiger partial charge >= 0.3 is 6.03 Å². The summed E-state index contributed by atoms with van der Waals surface area (Å²) >= 11 is 5.83. The second-order valence-electron chi connectivity index (χ2n) is 3.96. The van der Waals surface area contributed by atoms with Crippen LogP contribution in [0.2, 0.25) is 5.02 Å². The fraction of sp³-hybridized carbons (Fsp3) is 0.364. The van der Waals surface area contributed by atoms with E-state index in [2.05, 4.69) is 0 Å². The number of hydrogen-bond acceptors (Lipinski definition) is 1. The Hall–Kier alpha value is -1.29. The van der Waals surface area contributed by atoms with Gasteiger partial charge in [0.15, 0.2) is 0 Å². The minimum absolute atomic E-state index is 0.107. The monoisotopic (exact) mass is 242 g/mol. The number of halogens is 2. The first-order valence-corrected chi connectivity index (χ1v) is 5.31. The van der Waals surface area contributed by atoms with E-state index in [1.165, 1.54) is 17.0 Å². The molecule has 0 aliphatic carbocycles. The van der Waals surface area contributed by atoms with E-state index >= 15 is 0 Å². The van der Waals surface area contributed by atoms with Crippen LogP contribution in [-0.2, 0) is 0 Å². The van der Waals surface area contributed by atoms with Gasteiger partial charge in [0.05, 0.1) is 6.04 Å². The summed E-state index contributed by atoms with van der Waals surface area (Å²) in [6.45, 7) is 0.479. The second-order valence-corrected chi connectivity index (χ2v) is 4.39. The van der Waals surface area contributed by atoms with E-state index in [-0.39, 0.29) is 17.9 Å². The Morgan fingerprint density at radius 1 is 1.44 bits per heavy atom. The first kappa shape index (κ1) is 11.2. The molecule has 2 amide bonds. The standard InChI is InChI=1S/C11H12ClFN2O/c1-14-6-10(15(2)11(14)16)8-5-7(12)3-4-9(8)13/h3-5,10H,6H2,1-2H3. The average Bonchev–Trinajstić information content (AvgIpc) is 2.50. The van der Waals surface area contributed by atoms with Crippen molar-refractivity contribution in [3.05, 3.63) is 34.6 Å². The largest absolute Gasteiger partial charge is 0.325 e. The first-order valence-electron chi connectivity index (χ1n) is 4.93. The molecular formula is C11H12ClFN2O. The fourth-order valence-corrected chi connectivity index (χ4v) is 2.12. The van der Waals surface area contributed by atoms with Gasteiger partial charge in [-0.2, -0.15) is 0 Å². The van der Waals surface area contributed by atoms with Crippen molar-refractivity contribution >= 4 is 17.6 Å². The highest BCUT2D eigenvalue weighted by Gasteiger charge is 2.34. The SMILES string of the molecule is CN1CC(c2cc(Cl)ccc2F)N(C)C1=O. The van der Waals surface area contributed by atoms with Crippen LogP contribution in [0.1, 0.15) is 11.6 Å². The molecule has 0 saturated carbocycles. The topological polar surface area (TPSA) is 23.6 Å². The number of benzene rings is 1. The minimum Gasteiger partial charge on any atom is -0.325 e. The van der Waals surface area contributed by atoms with Crippen molar-refractivity contribution in [2.45, 2.75) is 6.04 Å². The van der Waals surface area contributed by atoms with E-state index in [1.54, 1.807) is 25.1 Å². The van der Waals surface area contributed by atoms with Gasteiger partial charge in [-0.15, -0.1) is 0 Å². The van der Waals surface area contributed by atoms with Crippen LogP contribution in [0, 0.1) is 5.82 Å². The van der Waals surface area contributed by atoms with Gasteiger partial charge in [0.1, 0.15) is 5.82 Å². The van der Waals surface area contributed by atoms with Crippen LogP contribution >= 0.6 is 11.6 Å². The van der Waals surface area contributed by atoms with Crippen molar-refractivity contribution in [1.82, 2.24) is 9.80 Å². The van der Waals surface area contributed by atoms with E-state index in [0.29, 0.717) is 17.1 Å². The number of amides is 2. The molecule has 5 heteroatoms. The van der Waals surface area contributed by atoms with Crippen molar-refractivity contribution in [1.29, 1.82) is 0 Å². The Morgan fingerprint density at radius 3 is 2.69 bits per heavy atom. The molecule has 1 fully saturated rings. The molecule has 0 radical (unpaired) electrons. The van der Waals surface area contributed by atoms with Crippen LogP contribution in [0.3, 0.4) is 0 Å². The van der Waals surface area contributed by atoms with Crippen molar-refractivity contribution in [2.24, 2.45) is 0 Å². The maximum atomic E-state index is 13.6. The summed E-state index contributed by atoms with van der Waals surface area (Å²) in [7, 11) is 3.36. The molecule has 86 valence electrons. The molecule has 1 unspecified atom stereocenters. The van der Waals surface area contributed by atoms with Crippen molar-refractivity contribution in [3.63, 3.8) is 0 Å². The van der Waals surface area contributed by atoms with Crippen molar-refractivity contribution < 1.29 is 9.18 Å². The van der Waals surface area contributed by atoms with E-state index < -0.39 is 0 Å². The Bertz CT molecular complexity index is 438. The number of rotatable bonds is 1. The summed E-state index contributed by atoms with van der Waals surface area (Å²) in [4.78, 5) is 14.7. The smallest absolute Gasteiger partial charge is 0.320 e. The van der Waals surface area contributed by atoms with Gasteiger partial charge in [-0.05, 0) is 18.2 Å². The zero-order valence-corrected chi connectivity index (χ0v) is 9.83. The van der Waals surface area contributed by atoms with Crippen molar-refractivity contribution in [2.75, 3.05) is 20.6 Å². The lowest BCUT2D eigenvalue weighted by Crippen LogP contribution is -2.26. The van der Waals surface area contributed by atoms with Crippen molar-refractivity contribution in [3.8, 4) is 0 Å². The van der Waals surface area contributed by atoms with Gasteiger partial charge in [0.25, 0.3) is 0 Å². The molecule has 16 heavy (non-hydrogen) atoms. The van der Waals surface area contributed by atoms with Crippen LogP contribution in [0.25, 0.3) is 0 Å². The number of carbonyl (C=O) groups excluding carboxylic acids is 1. The highest BCUT2D eigenvalue weighted by Crippen LogP contribution is 2.30. The second kappa shape index (κ2) is 3.94. The van der Waals surface area contributed by atoms with E-state index in [0.717, 1.165) is 0 Å². The zero-order chi connectivity index (χ0) is 11.9. The molecule has 0 N–H and O–H groups in total. The van der Waals surface area contributed by atoms with Crippen LogP contribution in [0.15, 0.2) is 18.2 Å². The van der Waals surface area contributed by atoms with Gasteiger partial charge in [0, 0.05) is 31.2 Å². The van der Waals surface area contributed by atoms with Crippen LogP contribution < -0.4 is 0 Å². The quantitative estimate of drug-likeness (QED) is 0.742. The van der Waals surface area contributed by atoms with Gasteiger partial charge in [-0.25, -0.2) is 9.18 Å². The molecule has 3 nitrogen and oxygen atoms in total. The van der Waals surface area contributed by atoms with E-state index in [4.69, 9.17) is 11.6 Å². The summed E-state index contributed by atoms with van der Waals surface area (Å²) < 4.78 is 13.6. The van der Waals surface area contributed by atoms with Gasteiger partial charge < -0.3 is 9.80 Å². The molecule has 0 aromatic heterocycles. The molecule has 1 atom stereocenters. The number of urea groups is 1. The lowest BCUT2D eigenvalue weighted by molar-refractivity contribution is 0.201. The van der Waals surface area contributed by atoms with E-state index in [1.807, 2.05) is 0 Å². The fourth-order valence-electron chi connectivity index (χ4n) is 1.94. The minimum atomic E-state index is -0.329. The molecule has 1 saturated heterocycles. The van der Waals surface area contributed by atoms with Gasteiger partial charge in [-0.1, -0.05) is 11.6 Å². The summed E-state index contributed by atoms with van der Waals surface area (Å²) in [6, 6.07) is 4.03. The third kappa shape index (κ3) is 1.73. The number of likely N-dealkylation sites (N-methyl/N-ethyl adjacent to an activating group) is 2. The lowest BCUT2D eigenvalue weighted by atomic mass is 10.1. The number of carbonyl (C=O) groups is 1. The maximum Gasteiger partial charge on any atom is 0.320 e. The highest BCUT2D eigenvalue weighted by molar-refractivity contribution is 6.30. The van der Waals surface area contributed by atoms with Gasteiger partial charge in [0.2, 0.25) is 0 Å². The third-order valence-electron chi connectivity index (χ3n) is 2.86. The average molecular weight is 243 g/mol. The highest BCUT2D eigenvalue weighted by atomic mass is 35.5. The molecule has 0 bridgehead atoms. The predicted octanol–water partition coefficient (Wildman–Crippen LogP) is 2.52.